The fourth-order valence-corrected chi connectivity index (χ4v) is 5.92. The molecule has 1 heterocycles. The Kier molecular flexibility index (Phi) is 3.88. The summed E-state index contributed by atoms with van der Waals surface area (Å²) in [5.41, 5.74) is 1.55. The maximum absolute atomic E-state index is 13.2. The molecule has 3 amide bonds. The fourth-order valence-electron chi connectivity index (χ4n) is 5.92. The summed E-state index contributed by atoms with van der Waals surface area (Å²) in [5.74, 6) is 1.22. The Hall–Kier alpha value is -3.41. The molecule has 6 heteroatoms. The number of nitrogens with zero attached hydrogens (tertiary/aromatic N) is 1. The number of nitrogens with one attached hydrogen (secondary N) is 1. The Morgan fingerprint density at radius 3 is 2.16 bits per heavy atom. The van der Waals surface area contributed by atoms with E-state index >= 15 is 0 Å². The van der Waals surface area contributed by atoms with Crippen LogP contribution in [0.15, 0.2) is 60.7 Å². The molecular formula is C25H22N2O4. The van der Waals surface area contributed by atoms with E-state index in [1.165, 1.54) is 4.90 Å². The molecule has 2 bridgehead atoms. The largest absolute Gasteiger partial charge is 0.495 e. The summed E-state index contributed by atoms with van der Waals surface area (Å²) >= 11 is 0. The van der Waals surface area contributed by atoms with Gasteiger partial charge in [-0.05, 0) is 66.5 Å². The standard InChI is InChI=1S/C25H22N2O4/c1-31-20-5-3-2-4-19(20)26-23(28)13-6-8-14(9-7-13)27-24(29)21-15-10-11-16(18-12-17(15)18)22(21)25(27)30/h2-11,15-18,21-22H,12H2,1H3,(H,26,28)/t15-,16-,17-,18-,21+,22+/m0/s1. The quantitative estimate of drug-likeness (QED) is 0.614. The number of methoxy groups -OCH3 is 1. The number of hydrogen-bond donors (Lipinski definition) is 1. The molecule has 1 N–H and O–H groups in total. The highest BCUT2D eigenvalue weighted by molar-refractivity contribution is 6.22. The smallest absolute Gasteiger partial charge is 0.255 e. The van der Waals surface area contributed by atoms with Gasteiger partial charge in [-0.2, -0.15) is 0 Å². The summed E-state index contributed by atoms with van der Waals surface area (Å²) in [6.07, 6.45) is 5.48. The van der Waals surface area contributed by atoms with E-state index in [0.717, 1.165) is 6.42 Å². The van der Waals surface area contributed by atoms with Crippen molar-refractivity contribution in [3.8, 4) is 5.75 Å². The molecule has 6 atom stereocenters. The molecule has 4 aliphatic carbocycles. The SMILES string of the molecule is COc1ccccc1NC(=O)c1ccc(N2C(=O)[C@@H]3[C@H]4C=C[C@@H]([C@@H]5C[C@@H]45)[C@H]3C2=O)cc1. The van der Waals surface area contributed by atoms with Crippen molar-refractivity contribution >= 4 is 29.1 Å². The number of carbonyl (C=O) groups excluding carboxylic acids is 3. The van der Waals surface area contributed by atoms with Crippen LogP contribution in [0.4, 0.5) is 11.4 Å². The number of amides is 3. The van der Waals surface area contributed by atoms with Gasteiger partial charge >= 0.3 is 0 Å². The van der Waals surface area contributed by atoms with Crippen LogP contribution in [0.25, 0.3) is 0 Å². The van der Waals surface area contributed by atoms with Crippen LogP contribution < -0.4 is 15.0 Å². The van der Waals surface area contributed by atoms with Crippen molar-refractivity contribution in [2.24, 2.45) is 35.5 Å². The summed E-state index contributed by atoms with van der Waals surface area (Å²) in [6.45, 7) is 0. The monoisotopic (exact) mass is 414 g/mol. The first-order valence-corrected chi connectivity index (χ1v) is 10.7. The number of anilines is 2. The van der Waals surface area contributed by atoms with Crippen molar-refractivity contribution < 1.29 is 19.1 Å². The number of para-hydroxylation sites is 2. The van der Waals surface area contributed by atoms with Crippen LogP contribution in [0.1, 0.15) is 16.8 Å². The minimum Gasteiger partial charge on any atom is -0.495 e. The number of allylic oxidation sites excluding steroid dienone is 2. The third kappa shape index (κ3) is 2.60. The summed E-state index contributed by atoms with van der Waals surface area (Å²) < 4.78 is 5.27. The van der Waals surface area contributed by atoms with Crippen molar-refractivity contribution in [3.05, 3.63) is 66.2 Å². The average Bonchev–Trinajstić information content (AvgIpc) is 3.58. The first-order valence-electron chi connectivity index (χ1n) is 10.7. The number of benzene rings is 2. The van der Waals surface area contributed by atoms with Gasteiger partial charge in [0.25, 0.3) is 5.91 Å². The molecular weight excluding hydrogens is 392 g/mol. The van der Waals surface area contributed by atoms with Crippen molar-refractivity contribution in [1.82, 2.24) is 0 Å². The van der Waals surface area contributed by atoms with Crippen molar-refractivity contribution in [2.75, 3.05) is 17.3 Å². The van der Waals surface area contributed by atoms with Gasteiger partial charge in [0.05, 0.1) is 30.3 Å². The predicted molar refractivity (Wildman–Crippen MR) is 115 cm³/mol. The Bertz CT molecular complexity index is 1100. The lowest BCUT2D eigenvalue weighted by atomic mass is 9.63. The number of rotatable bonds is 4. The molecule has 2 aromatic rings. The Labute approximate surface area is 179 Å². The van der Waals surface area contributed by atoms with E-state index in [4.69, 9.17) is 4.74 Å². The lowest BCUT2D eigenvalue weighted by molar-refractivity contribution is -0.124. The second kappa shape index (κ2) is 6.54. The normalized spacial score (nSPS) is 32.0. The number of imide groups is 1. The first kappa shape index (κ1) is 18.4. The molecule has 0 radical (unpaired) electrons. The van der Waals surface area contributed by atoms with Gasteiger partial charge in [-0.15, -0.1) is 0 Å². The average molecular weight is 414 g/mol. The van der Waals surface area contributed by atoms with Gasteiger partial charge in [0.2, 0.25) is 11.8 Å². The zero-order valence-electron chi connectivity index (χ0n) is 17.0. The molecule has 5 aliphatic rings. The molecule has 2 saturated carbocycles. The van der Waals surface area contributed by atoms with E-state index in [1.54, 1.807) is 43.5 Å². The van der Waals surface area contributed by atoms with E-state index in [-0.39, 0.29) is 41.4 Å². The molecule has 0 aromatic heterocycles. The van der Waals surface area contributed by atoms with Gasteiger partial charge in [-0.1, -0.05) is 24.3 Å². The lowest BCUT2D eigenvalue weighted by Crippen LogP contribution is -2.40. The minimum absolute atomic E-state index is 0.0917. The van der Waals surface area contributed by atoms with Crippen LogP contribution in [-0.4, -0.2) is 24.8 Å². The molecule has 2 aromatic carbocycles. The zero-order chi connectivity index (χ0) is 21.3. The van der Waals surface area contributed by atoms with Crippen molar-refractivity contribution in [1.29, 1.82) is 0 Å². The summed E-state index contributed by atoms with van der Waals surface area (Å²) in [4.78, 5) is 40.4. The Morgan fingerprint density at radius 2 is 1.55 bits per heavy atom. The zero-order valence-corrected chi connectivity index (χ0v) is 17.0. The third-order valence-corrected chi connectivity index (χ3v) is 7.41. The fraction of sp³-hybridized carbons (Fsp3) is 0.320. The highest BCUT2D eigenvalue weighted by Gasteiger charge is 2.67. The second-order valence-electron chi connectivity index (χ2n) is 8.87. The van der Waals surface area contributed by atoms with E-state index in [2.05, 4.69) is 17.5 Å². The molecule has 3 fully saturated rings. The number of ether oxygens (including phenoxy) is 1. The van der Waals surface area contributed by atoms with Gasteiger partial charge in [0.15, 0.2) is 0 Å². The van der Waals surface area contributed by atoms with Crippen molar-refractivity contribution in [3.63, 3.8) is 0 Å². The van der Waals surface area contributed by atoms with Crippen LogP contribution >= 0.6 is 0 Å². The van der Waals surface area contributed by atoms with Crippen LogP contribution in [0.3, 0.4) is 0 Å². The van der Waals surface area contributed by atoms with Crippen LogP contribution in [0.2, 0.25) is 0 Å². The summed E-state index contributed by atoms with van der Waals surface area (Å²) in [5, 5.41) is 2.83. The topological polar surface area (TPSA) is 75.7 Å². The molecule has 0 spiro atoms. The van der Waals surface area contributed by atoms with E-state index in [0.29, 0.717) is 34.5 Å². The summed E-state index contributed by atoms with van der Waals surface area (Å²) in [7, 11) is 1.55. The predicted octanol–water partition coefficient (Wildman–Crippen LogP) is 3.51. The Morgan fingerprint density at radius 1 is 0.935 bits per heavy atom. The van der Waals surface area contributed by atoms with Gasteiger partial charge < -0.3 is 10.1 Å². The highest BCUT2D eigenvalue weighted by atomic mass is 16.5. The van der Waals surface area contributed by atoms with Gasteiger partial charge in [-0.25, -0.2) is 0 Å². The molecule has 0 unspecified atom stereocenters. The van der Waals surface area contributed by atoms with Crippen LogP contribution in [0.5, 0.6) is 5.75 Å². The van der Waals surface area contributed by atoms with E-state index < -0.39 is 0 Å². The Balaban J connectivity index is 1.23. The lowest BCUT2D eigenvalue weighted by Gasteiger charge is -2.37. The highest BCUT2D eigenvalue weighted by Crippen LogP contribution is 2.65. The van der Waals surface area contributed by atoms with Gasteiger partial charge in [-0.3, -0.25) is 19.3 Å². The number of hydrogen-bond acceptors (Lipinski definition) is 4. The molecule has 1 aliphatic heterocycles. The molecule has 31 heavy (non-hydrogen) atoms. The minimum atomic E-state index is -0.286. The maximum atomic E-state index is 13.2. The van der Waals surface area contributed by atoms with E-state index in [1.807, 2.05) is 12.1 Å². The van der Waals surface area contributed by atoms with E-state index in [9.17, 15) is 14.4 Å². The second-order valence-corrected chi connectivity index (χ2v) is 8.87. The number of carbonyl (C=O) groups is 3. The van der Waals surface area contributed by atoms with Gasteiger partial charge in [0.1, 0.15) is 5.75 Å². The van der Waals surface area contributed by atoms with Crippen LogP contribution in [0, 0.1) is 35.5 Å². The molecule has 1 saturated heterocycles. The van der Waals surface area contributed by atoms with Crippen LogP contribution in [-0.2, 0) is 9.59 Å². The first-order chi connectivity index (χ1) is 15.1. The molecule has 6 nitrogen and oxygen atoms in total. The molecule has 7 rings (SSSR count). The van der Waals surface area contributed by atoms with Crippen molar-refractivity contribution in [2.45, 2.75) is 6.42 Å². The molecule has 156 valence electrons. The third-order valence-electron chi connectivity index (χ3n) is 7.41. The van der Waals surface area contributed by atoms with Gasteiger partial charge in [0, 0.05) is 5.56 Å². The maximum Gasteiger partial charge on any atom is 0.255 e. The summed E-state index contributed by atoms with van der Waals surface area (Å²) in [6, 6.07) is 13.8.